The highest BCUT2D eigenvalue weighted by Gasteiger charge is 2.20. The van der Waals surface area contributed by atoms with Gasteiger partial charge in [0.15, 0.2) is 0 Å². The summed E-state index contributed by atoms with van der Waals surface area (Å²) >= 11 is 0. The van der Waals surface area contributed by atoms with Crippen LogP contribution >= 0.6 is 0 Å². The van der Waals surface area contributed by atoms with Gasteiger partial charge in [-0.3, -0.25) is 4.79 Å². The number of nitrogens with one attached hydrogen (secondary N) is 1. The van der Waals surface area contributed by atoms with Crippen molar-refractivity contribution in [1.82, 2.24) is 9.97 Å². The Morgan fingerprint density at radius 3 is 2.62 bits per heavy atom. The van der Waals surface area contributed by atoms with E-state index in [0.29, 0.717) is 5.82 Å². The molecule has 3 rings (SSSR count). The normalized spacial score (nSPS) is 12.0. The molecule has 1 aromatic carbocycles. The lowest BCUT2D eigenvalue weighted by atomic mass is 9.92. The minimum atomic E-state index is -0.184. The topological polar surface area (TPSA) is 58.9 Å². The molecule has 4 nitrogen and oxygen atoms in total. The van der Waals surface area contributed by atoms with E-state index < -0.39 is 0 Å². The van der Waals surface area contributed by atoms with Crippen molar-refractivity contribution in [3.05, 3.63) is 52.1 Å². The largest absolute Gasteiger partial charge is 0.461 e. The number of furan rings is 1. The molecule has 0 fully saturated rings. The maximum atomic E-state index is 12.0. The van der Waals surface area contributed by atoms with Crippen LogP contribution in [0.25, 0.3) is 22.4 Å². The van der Waals surface area contributed by atoms with Crippen molar-refractivity contribution in [3.63, 3.8) is 0 Å². The van der Waals surface area contributed by atoms with Crippen molar-refractivity contribution in [3.8, 4) is 11.4 Å². The molecule has 0 saturated heterocycles. The average molecular weight is 282 g/mol. The SMILES string of the molecule is Cc1oc2ccccc2c1-c1nc(C(C)(C)C)cc(=O)[nH]1. The summed E-state index contributed by atoms with van der Waals surface area (Å²) in [6, 6.07) is 9.33. The molecule has 21 heavy (non-hydrogen) atoms. The molecule has 0 unspecified atom stereocenters. The zero-order valence-corrected chi connectivity index (χ0v) is 12.7. The molecule has 2 aromatic heterocycles. The first-order chi connectivity index (χ1) is 9.86. The lowest BCUT2D eigenvalue weighted by Crippen LogP contribution is -2.20. The molecule has 3 aromatic rings. The molecule has 0 radical (unpaired) electrons. The maximum Gasteiger partial charge on any atom is 0.251 e. The Labute approximate surface area is 122 Å². The van der Waals surface area contributed by atoms with Gasteiger partial charge in [0, 0.05) is 16.9 Å². The second kappa shape index (κ2) is 4.58. The Bertz CT molecular complexity index is 866. The molecule has 0 saturated carbocycles. The van der Waals surface area contributed by atoms with E-state index in [4.69, 9.17) is 4.42 Å². The summed E-state index contributed by atoms with van der Waals surface area (Å²) in [6.07, 6.45) is 0. The van der Waals surface area contributed by atoms with Gasteiger partial charge in [-0.15, -0.1) is 0 Å². The van der Waals surface area contributed by atoms with Crippen LogP contribution in [0.3, 0.4) is 0 Å². The number of nitrogens with zero attached hydrogens (tertiary/aromatic N) is 1. The van der Waals surface area contributed by atoms with E-state index in [-0.39, 0.29) is 11.0 Å². The van der Waals surface area contributed by atoms with E-state index in [1.165, 1.54) is 0 Å². The Morgan fingerprint density at radius 1 is 1.19 bits per heavy atom. The van der Waals surface area contributed by atoms with Gasteiger partial charge in [0.2, 0.25) is 0 Å². The molecule has 108 valence electrons. The Morgan fingerprint density at radius 2 is 1.90 bits per heavy atom. The maximum absolute atomic E-state index is 12.0. The molecule has 0 aliphatic heterocycles. The van der Waals surface area contributed by atoms with Crippen molar-refractivity contribution in [1.29, 1.82) is 0 Å². The molecule has 2 heterocycles. The predicted molar refractivity (Wildman–Crippen MR) is 83.5 cm³/mol. The summed E-state index contributed by atoms with van der Waals surface area (Å²) in [5.74, 6) is 1.32. The fourth-order valence-electron chi connectivity index (χ4n) is 2.42. The molecule has 0 aliphatic rings. The number of rotatable bonds is 1. The van der Waals surface area contributed by atoms with E-state index in [2.05, 4.69) is 9.97 Å². The molecule has 0 bridgehead atoms. The average Bonchev–Trinajstić information content (AvgIpc) is 2.72. The number of H-pyrrole nitrogens is 1. The highest BCUT2D eigenvalue weighted by molar-refractivity contribution is 5.93. The van der Waals surface area contributed by atoms with Gasteiger partial charge in [-0.25, -0.2) is 4.98 Å². The lowest BCUT2D eigenvalue weighted by molar-refractivity contribution is 0.565. The molecular formula is C17H18N2O2. The van der Waals surface area contributed by atoms with Gasteiger partial charge in [-0.05, 0) is 13.0 Å². The standard InChI is InChI=1S/C17H18N2O2/c1-10-15(11-7-5-6-8-12(11)21-10)16-18-13(17(2,3)4)9-14(20)19-16/h5-9H,1-4H3,(H,18,19,20). The van der Waals surface area contributed by atoms with Gasteiger partial charge in [-0.1, -0.05) is 39.0 Å². The third-order valence-electron chi connectivity index (χ3n) is 3.52. The fraction of sp³-hybridized carbons (Fsp3) is 0.294. The quantitative estimate of drug-likeness (QED) is 0.738. The van der Waals surface area contributed by atoms with Gasteiger partial charge < -0.3 is 9.40 Å². The third kappa shape index (κ3) is 2.37. The molecule has 0 amide bonds. The van der Waals surface area contributed by atoms with Crippen molar-refractivity contribution in [2.45, 2.75) is 33.1 Å². The van der Waals surface area contributed by atoms with Crippen molar-refractivity contribution in [2.75, 3.05) is 0 Å². The molecule has 0 atom stereocenters. The zero-order chi connectivity index (χ0) is 15.2. The minimum absolute atomic E-state index is 0.144. The van der Waals surface area contributed by atoms with Gasteiger partial charge >= 0.3 is 0 Å². The number of fused-ring (bicyclic) bond motifs is 1. The van der Waals surface area contributed by atoms with E-state index in [9.17, 15) is 4.79 Å². The van der Waals surface area contributed by atoms with Gasteiger partial charge in [0.25, 0.3) is 5.56 Å². The van der Waals surface area contributed by atoms with Crippen LogP contribution in [0.1, 0.15) is 32.2 Å². The predicted octanol–water partition coefficient (Wildman–Crippen LogP) is 3.79. The van der Waals surface area contributed by atoms with Crippen LogP contribution in [-0.2, 0) is 5.41 Å². The van der Waals surface area contributed by atoms with Gasteiger partial charge in [0.1, 0.15) is 17.2 Å². The van der Waals surface area contributed by atoms with E-state index in [0.717, 1.165) is 28.0 Å². The van der Waals surface area contributed by atoms with Crippen LogP contribution in [-0.4, -0.2) is 9.97 Å². The second-order valence-corrected chi connectivity index (χ2v) is 6.26. The van der Waals surface area contributed by atoms with Crippen molar-refractivity contribution in [2.24, 2.45) is 0 Å². The molecular weight excluding hydrogens is 264 g/mol. The van der Waals surface area contributed by atoms with Gasteiger partial charge in [-0.2, -0.15) is 0 Å². The first kappa shape index (κ1) is 13.6. The number of benzene rings is 1. The summed E-state index contributed by atoms with van der Waals surface area (Å²) in [5, 5.41) is 0.962. The highest BCUT2D eigenvalue weighted by atomic mass is 16.3. The summed E-state index contributed by atoms with van der Waals surface area (Å²) in [4.78, 5) is 19.4. The van der Waals surface area contributed by atoms with E-state index >= 15 is 0 Å². The van der Waals surface area contributed by atoms with Crippen LogP contribution in [0.2, 0.25) is 0 Å². The summed E-state index contributed by atoms with van der Waals surface area (Å²) < 4.78 is 5.76. The van der Waals surface area contributed by atoms with E-state index in [1.807, 2.05) is 52.0 Å². The minimum Gasteiger partial charge on any atom is -0.461 e. The Kier molecular flexibility index (Phi) is 2.97. The number of para-hydroxylation sites is 1. The Balaban J connectivity index is 2.31. The van der Waals surface area contributed by atoms with Crippen LogP contribution in [0.5, 0.6) is 0 Å². The zero-order valence-electron chi connectivity index (χ0n) is 12.7. The first-order valence-electron chi connectivity index (χ1n) is 6.96. The van der Waals surface area contributed by atoms with Crippen molar-refractivity contribution < 1.29 is 4.42 Å². The molecule has 4 heteroatoms. The Hall–Kier alpha value is -2.36. The number of hydrogen-bond acceptors (Lipinski definition) is 3. The molecule has 0 aliphatic carbocycles. The number of aromatic nitrogens is 2. The van der Waals surface area contributed by atoms with Gasteiger partial charge in [0.05, 0.1) is 11.3 Å². The summed E-state index contributed by atoms with van der Waals surface area (Å²) in [5.41, 5.74) is 2.10. The second-order valence-electron chi connectivity index (χ2n) is 6.26. The number of aromatic amines is 1. The molecule has 1 N–H and O–H groups in total. The monoisotopic (exact) mass is 282 g/mol. The third-order valence-corrected chi connectivity index (χ3v) is 3.52. The highest BCUT2D eigenvalue weighted by Crippen LogP contribution is 2.32. The van der Waals surface area contributed by atoms with E-state index in [1.54, 1.807) is 6.07 Å². The summed E-state index contributed by atoms with van der Waals surface area (Å²) in [6.45, 7) is 8.01. The lowest BCUT2D eigenvalue weighted by Gasteiger charge is -2.17. The van der Waals surface area contributed by atoms with Crippen LogP contribution < -0.4 is 5.56 Å². The summed E-state index contributed by atoms with van der Waals surface area (Å²) in [7, 11) is 0. The number of hydrogen-bond donors (Lipinski definition) is 1. The fourth-order valence-corrected chi connectivity index (χ4v) is 2.42. The van der Waals surface area contributed by atoms with Crippen LogP contribution in [0.15, 0.2) is 39.5 Å². The van der Waals surface area contributed by atoms with Crippen molar-refractivity contribution >= 4 is 11.0 Å². The number of aryl methyl sites for hydroxylation is 1. The van der Waals surface area contributed by atoms with Crippen LogP contribution in [0.4, 0.5) is 0 Å². The molecule has 0 spiro atoms. The first-order valence-corrected chi connectivity index (χ1v) is 6.96. The van der Waals surface area contributed by atoms with Crippen LogP contribution in [0, 0.1) is 6.92 Å². The smallest absolute Gasteiger partial charge is 0.251 e.